The number of carbonyl (C=O) groups is 2. The van der Waals surface area contributed by atoms with Crippen molar-refractivity contribution in [2.75, 3.05) is 7.11 Å². The molecule has 0 aliphatic rings. The average molecular weight is 446 g/mol. The first-order valence-corrected chi connectivity index (χ1v) is 7.91. The second-order valence-electron chi connectivity index (χ2n) is 4.81. The fourth-order valence-electron chi connectivity index (χ4n) is 2.10. The maximum atomic E-state index is 14.1. The summed E-state index contributed by atoms with van der Waals surface area (Å²) in [6.07, 6.45) is 0.398. The first-order chi connectivity index (χ1) is 11.5. The predicted molar refractivity (Wildman–Crippen MR) is 90.4 cm³/mol. The number of nitrogens with one attached hydrogen (secondary N) is 1. The number of hydrogen-bond donors (Lipinski definition) is 1. The maximum absolute atomic E-state index is 14.1. The summed E-state index contributed by atoms with van der Waals surface area (Å²) in [5, 5.41) is 2.30. The van der Waals surface area contributed by atoms with E-state index in [0.29, 0.717) is 12.0 Å². The number of ether oxygens (including phenoxy) is 1. The average Bonchev–Trinajstić information content (AvgIpc) is 2.56. The molecule has 24 heavy (non-hydrogen) atoms. The third-order valence-electron chi connectivity index (χ3n) is 3.26. The van der Waals surface area contributed by atoms with E-state index in [-0.39, 0.29) is 29.9 Å². The van der Waals surface area contributed by atoms with Crippen LogP contribution in [0.3, 0.4) is 0 Å². The van der Waals surface area contributed by atoms with Crippen molar-refractivity contribution in [2.45, 2.75) is 13.0 Å². The van der Waals surface area contributed by atoms with E-state index in [0.717, 1.165) is 16.7 Å². The Morgan fingerprint density at radius 3 is 2.67 bits per heavy atom. The van der Waals surface area contributed by atoms with Crippen molar-refractivity contribution in [3.63, 3.8) is 0 Å². The summed E-state index contributed by atoms with van der Waals surface area (Å²) in [7, 11) is 1.16. The van der Waals surface area contributed by atoms with Crippen LogP contribution in [-0.4, -0.2) is 24.5 Å². The molecule has 0 saturated heterocycles. The van der Waals surface area contributed by atoms with Crippen LogP contribution in [0.25, 0.3) is 0 Å². The highest BCUT2D eigenvalue weighted by Crippen LogP contribution is 2.20. The number of amides is 1. The molecule has 0 radical (unpaired) electrons. The molecule has 0 bridgehead atoms. The number of pyridine rings is 1. The molecule has 1 amide bonds. The molecule has 0 aliphatic carbocycles. The number of hydrogen-bond acceptors (Lipinski definition) is 4. The molecule has 0 fully saturated rings. The zero-order valence-corrected chi connectivity index (χ0v) is 14.8. The predicted octanol–water partition coefficient (Wildman–Crippen LogP) is 2.59. The van der Waals surface area contributed by atoms with Crippen molar-refractivity contribution < 1.29 is 23.1 Å². The lowest BCUT2D eigenvalue weighted by Crippen LogP contribution is -2.17. The molecule has 0 atom stereocenters. The van der Waals surface area contributed by atoms with Gasteiger partial charge in [-0.15, -0.1) is 0 Å². The van der Waals surface area contributed by atoms with Crippen LogP contribution in [-0.2, 0) is 22.5 Å². The van der Waals surface area contributed by atoms with Gasteiger partial charge in [-0.2, -0.15) is 0 Å². The van der Waals surface area contributed by atoms with Crippen LogP contribution in [0, 0.1) is 15.2 Å². The molecule has 5 nitrogen and oxygen atoms in total. The molecule has 2 rings (SSSR count). The number of rotatable bonds is 6. The third-order valence-corrected chi connectivity index (χ3v) is 3.93. The van der Waals surface area contributed by atoms with Crippen molar-refractivity contribution >= 4 is 35.0 Å². The minimum atomic E-state index is -0.766. The van der Waals surface area contributed by atoms with Gasteiger partial charge in [0.05, 0.1) is 30.6 Å². The van der Waals surface area contributed by atoms with Crippen LogP contribution in [0.15, 0.2) is 24.3 Å². The Hall–Kier alpha value is -2.10. The van der Waals surface area contributed by atoms with Gasteiger partial charge in [0.2, 0.25) is 6.41 Å². The fourth-order valence-corrected chi connectivity index (χ4v) is 2.55. The van der Waals surface area contributed by atoms with Gasteiger partial charge in [-0.1, -0.05) is 6.07 Å². The van der Waals surface area contributed by atoms with Crippen molar-refractivity contribution in [2.24, 2.45) is 0 Å². The van der Waals surface area contributed by atoms with Gasteiger partial charge in [-0.3, -0.25) is 9.78 Å². The topological polar surface area (TPSA) is 68.3 Å². The number of nitrogens with zero attached hydrogens (tertiary/aromatic N) is 1. The fraction of sp³-hybridized carbons (Fsp3) is 0.188. The summed E-state index contributed by atoms with van der Waals surface area (Å²) in [5.41, 5.74) is 0.360. The number of methoxy groups -OCH3 is 1. The minimum Gasteiger partial charge on any atom is -0.465 e. The molecule has 0 unspecified atom stereocenters. The van der Waals surface area contributed by atoms with E-state index in [9.17, 15) is 18.4 Å². The molecule has 1 N–H and O–H groups in total. The van der Waals surface area contributed by atoms with Gasteiger partial charge < -0.3 is 10.1 Å². The Morgan fingerprint density at radius 1 is 1.29 bits per heavy atom. The number of esters is 1. The quantitative estimate of drug-likeness (QED) is 0.421. The lowest BCUT2D eigenvalue weighted by atomic mass is 10.0. The normalized spacial score (nSPS) is 10.3. The van der Waals surface area contributed by atoms with Crippen molar-refractivity contribution in [1.29, 1.82) is 0 Å². The highest BCUT2D eigenvalue weighted by Gasteiger charge is 2.19. The Bertz CT molecular complexity index is 784. The summed E-state index contributed by atoms with van der Waals surface area (Å²) in [5.74, 6) is -1.97. The smallest absolute Gasteiger partial charge is 0.339 e. The van der Waals surface area contributed by atoms with Gasteiger partial charge in [0, 0.05) is 9.99 Å². The van der Waals surface area contributed by atoms with E-state index in [4.69, 9.17) is 0 Å². The monoisotopic (exact) mass is 446 g/mol. The summed E-state index contributed by atoms with van der Waals surface area (Å²) >= 11 is 1.98. The Kier molecular flexibility index (Phi) is 6.18. The van der Waals surface area contributed by atoms with E-state index < -0.39 is 17.6 Å². The van der Waals surface area contributed by atoms with Crippen LogP contribution in [0.2, 0.25) is 0 Å². The zero-order chi connectivity index (χ0) is 17.7. The highest BCUT2D eigenvalue weighted by atomic mass is 127. The third kappa shape index (κ3) is 4.25. The molecule has 2 aromatic rings. The van der Waals surface area contributed by atoms with Gasteiger partial charge in [0.25, 0.3) is 0 Å². The van der Waals surface area contributed by atoms with Gasteiger partial charge in [-0.25, -0.2) is 13.6 Å². The molecule has 0 spiro atoms. The van der Waals surface area contributed by atoms with Crippen LogP contribution >= 0.6 is 22.6 Å². The van der Waals surface area contributed by atoms with Gasteiger partial charge in [0.15, 0.2) is 0 Å². The van der Waals surface area contributed by atoms with E-state index in [1.54, 1.807) is 12.1 Å². The van der Waals surface area contributed by atoms with E-state index >= 15 is 0 Å². The van der Waals surface area contributed by atoms with Crippen LogP contribution in [0.4, 0.5) is 8.78 Å². The minimum absolute atomic E-state index is 0.0123. The number of carbonyl (C=O) groups excluding carboxylic acids is 2. The summed E-state index contributed by atoms with van der Waals surface area (Å²) in [6, 6.07) is 5.63. The molecule has 126 valence electrons. The second-order valence-corrected chi connectivity index (χ2v) is 6.06. The van der Waals surface area contributed by atoms with Gasteiger partial charge in [-0.05, 0) is 46.4 Å². The SMILES string of the molecule is COC(=O)c1cc(F)c(CNC=O)nc1Cc1ccc(I)cc1F. The Morgan fingerprint density at radius 2 is 2.04 bits per heavy atom. The van der Waals surface area contributed by atoms with E-state index in [2.05, 4.69) is 15.0 Å². The van der Waals surface area contributed by atoms with E-state index in [1.165, 1.54) is 6.07 Å². The summed E-state index contributed by atoms with van der Waals surface area (Å²) < 4.78 is 33.4. The second kappa shape index (κ2) is 8.13. The van der Waals surface area contributed by atoms with E-state index in [1.807, 2.05) is 22.6 Å². The maximum Gasteiger partial charge on any atom is 0.339 e. The molecule has 1 heterocycles. The molecule has 8 heteroatoms. The van der Waals surface area contributed by atoms with Crippen molar-refractivity contribution in [1.82, 2.24) is 10.3 Å². The Labute approximate surface area is 150 Å². The molecule has 1 aromatic carbocycles. The summed E-state index contributed by atoms with van der Waals surface area (Å²) in [4.78, 5) is 26.3. The highest BCUT2D eigenvalue weighted by molar-refractivity contribution is 14.1. The zero-order valence-electron chi connectivity index (χ0n) is 12.6. The summed E-state index contributed by atoms with van der Waals surface area (Å²) in [6.45, 7) is -0.140. The largest absolute Gasteiger partial charge is 0.465 e. The van der Waals surface area contributed by atoms with Crippen molar-refractivity contribution in [3.8, 4) is 0 Å². The molecule has 1 aromatic heterocycles. The van der Waals surface area contributed by atoms with Crippen molar-refractivity contribution in [3.05, 3.63) is 62.0 Å². The lowest BCUT2D eigenvalue weighted by molar-refractivity contribution is -0.109. The first kappa shape index (κ1) is 18.2. The Balaban J connectivity index is 2.47. The molecular formula is C16H13F2IN2O3. The number of aromatic nitrogens is 1. The van der Waals surface area contributed by atoms with Gasteiger partial charge in [0.1, 0.15) is 11.6 Å². The molecule has 0 saturated carbocycles. The first-order valence-electron chi connectivity index (χ1n) is 6.83. The number of halogens is 3. The van der Waals surface area contributed by atoms with Gasteiger partial charge >= 0.3 is 5.97 Å². The van der Waals surface area contributed by atoms with Crippen LogP contribution in [0.5, 0.6) is 0 Å². The standard InChI is InChI=1S/C16H13F2IN2O3/c1-24-16(23)11-6-13(18)15(7-20-8-22)21-14(11)4-9-2-3-10(19)5-12(9)17/h2-3,5-6,8H,4,7H2,1H3,(H,20,22). The lowest BCUT2D eigenvalue weighted by Gasteiger charge is -2.11. The van der Waals surface area contributed by atoms with Crippen LogP contribution < -0.4 is 5.32 Å². The molecular weight excluding hydrogens is 433 g/mol. The van der Waals surface area contributed by atoms with Crippen LogP contribution in [0.1, 0.15) is 27.3 Å². The number of benzene rings is 1. The molecule has 0 aliphatic heterocycles.